The first-order valence-electron chi connectivity index (χ1n) is 6.23. The van der Waals surface area contributed by atoms with Gasteiger partial charge in [-0.1, -0.05) is 11.8 Å². The number of hydrogen-bond donors (Lipinski definition) is 2. The molecule has 0 fully saturated rings. The van der Waals surface area contributed by atoms with Crippen LogP contribution >= 0.6 is 11.8 Å². The van der Waals surface area contributed by atoms with Crippen molar-refractivity contribution in [3.05, 3.63) is 34.9 Å². The maximum absolute atomic E-state index is 13.7. The molecule has 116 valence electrons. The zero-order valence-electron chi connectivity index (χ0n) is 11.6. The summed E-state index contributed by atoms with van der Waals surface area (Å²) in [6.07, 6.45) is -2.87. The van der Waals surface area contributed by atoms with Crippen LogP contribution in [0.2, 0.25) is 0 Å². The topological polar surface area (TPSA) is 74.6 Å². The molecule has 0 saturated carbocycles. The van der Waals surface area contributed by atoms with Gasteiger partial charge in [0.2, 0.25) is 0 Å². The van der Waals surface area contributed by atoms with Gasteiger partial charge in [-0.05, 0) is 19.4 Å². The van der Waals surface area contributed by atoms with E-state index in [0.717, 1.165) is 24.8 Å². The highest BCUT2D eigenvalue weighted by molar-refractivity contribution is 8.13. The number of halogens is 2. The largest absolute Gasteiger partial charge is 0.390 e. The summed E-state index contributed by atoms with van der Waals surface area (Å²) in [4.78, 5) is 22.0. The SMILES string of the molecule is CC(=O)SCCC(O)C(O)c1cc(C(C)=O)c(F)cc1F. The second-order valence-corrected chi connectivity index (χ2v) is 5.82. The lowest BCUT2D eigenvalue weighted by atomic mass is 9.98. The van der Waals surface area contributed by atoms with Crippen LogP contribution < -0.4 is 0 Å². The molecule has 0 saturated heterocycles. The number of aliphatic hydroxyl groups is 2. The maximum Gasteiger partial charge on any atom is 0.185 e. The predicted molar refractivity (Wildman–Crippen MR) is 75.1 cm³/mol. The second-order valence-electron chi connectivity index (χ2n) is 4.55. The van der Waals surface area contributed by atoms with Crippen molar-refractivity contribution in [1.82, 2.24) is 0 Å². The molecule has 0 bridgehead atoms. The first-order valence-corrected chi connectivity index (χ1v) is 7.22. The van der Waals surface area contributed by atoms with E-state index in [1.165, 1.54) is 6.92 Å². The van der Waals surface area contributed by atoms with Gasteiger partial charge in [0.1, 0.15) is 17.7 Å². The summed E-state index contributed by atoms with van der Waals surface area (Å²) in [5, 5.41) is 19.6. The van der Waals surface area contributed by atoms with Crippen LogP contribution in [0.3, 0.4) is 0 Å². The van der Waals surface area contributed by atoms with Crippen molar-refractivity contribution in [2.45, 2.75) is 32.5 Å². The average molecular weight is 318 g/mol. The van der Waals surface area contributed by atoms with Crippen LogP contribution in [0, 0.1) is 11.6 Å². The van der Waals surface area contributed by atoms with E-state index < -0.39 is 29.6 Å². The monoisotopic (exact) mass is 318 g/mol. The quantitative estimate of drug-likeness (QED) is 0.787. The molecule has 0 aromatic heterocycles. The molecular weight excluding hydrogens is 302 g/mol. The lowest BCUT2D eigenvalue weighted by Gasteiger charge is -2.19. The third kappa shape index (κ3) is 4.87. The molecule has 21 heavy (non-hydrogen) atoms. The maximum atomic E-state index is 13.7. The summed E-state index contributed by atoms with van der Waals surface area (Å²) in [6.45, 7) is 2.48. The average Bonchev–Trinajstić information content (AvgIpc) is 2.37. The van der Waals surface area contributed by atoms with Crippen LogP contribution in [0.1, 0.15) is 42.3 Å². The minimum atomic E-state index is -1.60. The lowest BCUT2D eigenvalue weighted by Crippen LogP contribution is -2.21. The van der Waals surface area contributed by atoms with Gasteiger partial charge in [0.15, 0.2) is 10.9 Å². The van der Waals surface area contributed by atoms with Crippen molar-refractivity contribution in [2.75, 3.05) is 5.75 Å². The fourth-order valence-corrected chi connectivity index (χ4v) is 2.40. The summed E-state index contributed by atoms with van der Waals surface area (Å²) in [5.74, 6) is -2.40. The van der Waals surface area contributed by atoms with Crippen LogP contribution in [-0.2, 0) is 4.79 Å². The summed E-state index contributed by atoms with van der Waals surface area (Å²) >= 11 is 0.969. The van der Waals surface area contributed by atoms with Gasteiger partial charge in [0.25, 0.3) is 0 Å². The van der Waals surface area contributed by atoms with Gasteiger partial charge in [-0.25, -0.2) is 8.78 Å². The minimum Gasteiger partial charge on any atom is -0.390 e. The molecule has 0 heterocycles. The third-order valence-corrected chi connectivity index (χ3v) is 3.71. The van der Waals surface area contributed by atoms with E-state index in [4.69, 9.17) is 0 Å². The van der Waals surface area contributed by atoms with E-state index in [1.54, 1.807) is 0 Å². The van der Waals surface area contributed by atoms with E-state index >= 15 is 0 Å². The van der Waals surface area contributed by atoms with Crippen LogP contribution in [0.4, 0.5) is 8.78 Å². The zero-order valence-corrected chi connectivity index (χ0v) is 12.4. The number of aliphatic hydroxyl groups excluding tert-OH is 2. The van der Waals surface area contributed by atoms with Gasteiger partial charge in [-0.15, -0.1) is 0 Å². The molecular formula is C14H16F2O4S. The Bertz CT molecular complexity index is 548. The molecule has 0 aliphatic heterocycles. The zero-order chi connectivity index (χ0) is 16.2. The van der Waals surface area contributed by atoms with Gasteiger partial charge in [0.05, 0.1) is 11.7 Å². The highest BCUT2D eigenvalue weighted by Crippen LogP contribution is 2.26. The van der Waals surface area contributed by atoms with E-state index in [-0.39, 0.29) is 28.4 Å². The fraction of sp³-hybridized carbons (Fsp3) is 0.429. The molecule has 2 atom stereocenters. The number of carbonyl (C=O) groups is 2. The summed E-state index contributed by atoms with van der Waals surface area (Å²) in [7, 11) is 0. The molecule has 0 amide bonds. The molecule has 4 nitrogen and oxygen atoms in total. The van der Waals surface area contributed by atoms with Crippen molar-refractivity contribution in [1.29, 1.82) is 0 Å². The number of hydrogen-bond acceptors (Lipinski definition) is 5. The van der Waals surface area contributed by atoms with Crippen LogP contribution in [-0.4, -0.2) is 33.0 Å². The van der Waals surface area contributed by atoms with E-state index in [1.807, 2.05) is 0 Å². The van der Waals surface area contributed by atoms with Gasteiger partial charge < -0.3 is 10.2 Å². The summed E-state index contributed by atoms with van der Waals surface area (Å²) in [6, 6.07) is 1.41. The van der Waals surface area contributed by atoms with Gasteiger partial charge in [-0.3, -0.25) is 9.59 Å². The molecule has 0 spiro atoms. The van der Waals surface area contributed by atoms with E-state index in [2.05, 4.69) is 0 Å². The molecule has 7 heteroatoms. The van der Waals surface area contributed by atoms with E-state index in [0.29, 0.717) is 6.07 Å². The molecule has 1 rings (SSSR count). The highest BCUT2D eigenvalue weighted by atomic mass is 32.2. The Morgan fingerprint density at radius 3 is 2.33 bits per heavy atom. The van der Waals surface area contributed by atoms with E-state index in [9.17, 15) is 28.6 Å². The second kappa shape index (κ2) is 7.63. The Morgan fingerprint density at radius 1 is 1.19 bits per heavy atom. The van der Waals surface area contributed by atoms with Crippen LogP contribution in [0.25, 0.3) is 0 Å². The first-order chi connectivity index (χ1) is 9.73. The number of rotatable bonds is 6. The standard InChI is InChI=1S/C14H16F2O4S/c1-7(17)9-5-10(12(16)6-11(9)15)14(20)13(19)3-4-21-8(2)18/h5-6,13-14,19-20H,3-4H2,1-2H3. The van der Waals surface area contributed by atoms with Gasteiger partial charge in [-0.2, -0.15) is 0 Å². The smallest absolute Gasteiger partial charge is 0.185 e. The van der Waals surface area contributed by atoms with Gasteiger partial charge in [0, 0.05) is 24.3 Å². The Kier molecular flexibility index (Phi) is 6.44. The lowest BCUT2D eigenvalue weighted by molar-refractivity contribution is -0.109. The third-order valence-electron chi connectivity index (χ3n) is 2.87. The first kappa shape index (κ1) is 17.7. The Hall–Kier alpha value is -1.31. The van der Waals surface area contributed by atoms with Crippen LogP contribution in [0.15, 0.2) is 12.1 Å². The fourth-order valence-electron chi connectivity index (χ4n) is 1.75. The Morgan fingerprint density at radius 2 is 1.81 bits per heavy atom. The number of ketones is 1. The Labute approximate surface area is 125 Å². The van der Waals surface area contributed by atoms with Crippen molar-refractivity contribution in [3.8, 4) is 0 Å². The molecule has 2 unspecified atom stereocenters. The van der Waals surface area contributed by atoms with Crippen molar-refractivity contribution >= 4 is 22.7 Å². The normalized spacial score (nSPS) is 13.8. The van der Waals surface area contributed by atoms with Crippen molar-refractivity contribution in [3.63, 3.8) is 0 Å². The van der Waals surface area contributed by atoms with Crippen molar-refractivity contribution < 1.29 is 28.6 Å². The predicted octanol–water partition coefficient (Wildman–Crippen LogP) is 2.23. The Balaban J connectivity index is 2.90. The number of benzene rings is 1. The van der Waals surface area contributed by atoms with Crippen LogP contribution in [0.5, 0.6) is 0 Å². The van der Waals surface area contributed by atoms with Crippen molar-refractivity contribution in [2.24, 2.45) is 0 Å². The molecule has 2 N–H and O–H groups in total. The molecule has 1 aromatic carbocycles. The molecule has 0 radical (unpaired) electrons. The number of thioether (sulfide) groups is 1. The molecule has 0 aliphatic carbocycles. The number of carbonyl (C=O) groups excluding carboxylic acids is 2. The molecule has 0 aliphatic rings. The molecule has 1 aromatic rings. The summed E-state index contributed by atoms with van der Waals surface area (Å²) < 4.78 is 27.1. The number of Topliss-reactive ketones (excluding diaryl/α,β-unsaturated/α-hetero) is 1. The van der Waals surface area contributed by atoms with Gasteiger partial charge >= 0.3 is 0 Å². The highest BCUT2D eigenvalue weighted by Gasteiger charge is 2.24. The minimum absolute atomic E-state index is 0.0532. The summed E-state index contributed by atoms with van der Waals surface area (Å²) in [5.41, 5.74) is -0.697.